The highest BCUT2D eigenvalue weighted by Gasteiger charge is 2.24. The number of benzene rings is 2. The fraction of sp³-hybridized carbons (Fsp3) is 0.286. The van der Waals surface area contributed by atoms with E-state index >= 15 is 0 Å². The molecular weight excluding hydrogens is 456 g/mol. The summed E-state index contributed by atoms with van der Waals surface area (Å²) in [6.45, 7) is 9.72. The van der Waals surface area contributed by atoms with Crippen molar-refractivity contribution < 1.29 is 9.53 Å². The molecule has 35 heavy (non-hydrogen) atoms. The Balaban J connectivity index is 1.36. The fourth-order valence-corrected chi connectivity index (χ4v) is 5.34. The van der Waals surface area contributed by atoms with Gasteiger partial charge in [-0.2, -0.15) is 0 Å². The number of thioether (sulfide) groups is 1. The van der Waals surface area contributed by atoms with Crippen LogP contribution in [0.3, 0.4) is 0 Å². The minimum atomic E-state index is -0.112. The number of rotatable bonds is 5. The summed E-state index contributed by atoms with van der Waals surface area (Å²) in [5.41, 5.74) is 7.70. The summed E-state index contributed by atoms with van der Waals surface area (Å²) in [7, 11) is 0. The molecule has 2 aromatic carbocycles. The average molecular weight is 487 g/mol. The number of carbonyl (C=O) groups excluding carboxylic acids is 1. The summed E-state index contributed by atoms with van der Waals surface area (Å²) < 4.78 is 7.70. The van der Waals surface area contributed by atoms with Crippen LogP contribution in [0.1, 0.15) is 29.4 Å². The van der Waals surface area contributed by atoms with Crippen LogP contribution >= 0.6 is 11.8 Å². The normalized spacial score (nSPS) is 18.5. The number of nitrogens with zero attached hydrogens (tertiary/aromatic N) is 3. The smallest absolute Gasteiger partial charge is 0.264 e. The predicted molar refractivity (Wildman–Crippen MR) is 145 cm³/mol. The van der Waals surface area contributed by atoms with Crippen LogP contribution in [0.15, 0.2) is 64.5 Å². The number of nitrogens with one attached hydrogen (secondary N) is 1. The average Bonchev–Trinajstić information content (AvgIpc) is 3.37. The molecule has 2 fully saturated rings. The van der Waals surface area contributed by atoms with Gasteiger partial charge >= 0.3 is 0 Å². The molecule has 1 N–H and O–H groups in total. The van der Waals surface area contributed by atoms with E-state index in [1.54, 1.807) is 0 Å². The SMILES string of the molecule is CCc1ccc(N=C2NC(=O)C(=Cc3cc(C)n(-c4ccc(N5CCOCC5)cc4)c3C)S2)cc1. The van der Waals surface area contributed by atoms with Gasteiger partial charge in [-0.3, -0.25) is 4.79 Å². The standard InChI is InChI=1S/C28H30N4O2S/c1-4-21-5-7-23(8-6-21)29-28-30-27(33)26(35-28)18-22-17-19(2)32(20(22)3)25-11-9-24(10-12-25)31-13-15-34-16-14-31/h5-12,17-18H,4,13-16H2,1-3H3,(H,29,30,33). The second-order valence-electron chi connectivity index (χ2n) is 8.78. The number of amidine groups is 1. The molecule has 6 nitrogen and oxygen atoms in total. The minimum Gasteiger partial charge on any atom is -0.378 e. The lowest BCUT2D eigenvalue weighted by Gasteiger charge is -2.29. The molecule has 0 atom stereocenters. The first-order valence-electron chi connectivity index (χ1n) is 12.0. The van der Waals surface area contributed by atoms with E-state index in [4.69, 9.17) is 4.74 Å². The van der Waals surface area contributed by atoms with Crippen LogP contribution in [0, 0.1) is 13.8 Å². The monoisotopic (exact) mass is 486 g/mol. The third kappa shape index (κ3) is 5.06. The van der Waals surface area contributed by atoms with Crippen molar-refractivity contribution >= 4 is 40.3 Å². The number of ether oxygens (including phenoxy) is 1. The van der Waals surface area contributed by atoms with E-state index in [0.29, 0.717) is 10.1 Å². The predicted octanol–water partition coefficient (Wildman–Crippen LogP) is 5.38. The molecule has 0 aliphatic carbocycles. The van der Waals surface area contributed by atoms with Crippen molar-refractivity contribution in [1.82, 2.24) is 9.88 Å². The van der Waals surface area contributed by atoms with Gasteiger partial charge in [-0.05, 0) is 91.7 Å². The van der Waals surface area contributed by atoms with E-state index < -0.39 is 0 Å². The van der Waals surface area contributed by atoms with E-state index in [1.807, 2.05) is 18.2 Å². The summed E-state index contributed by atoms with van der Waals surface area (Å²) >= 11 is 1.38. The Labute approximate surface area is 210 Å². The Kier molecular flexibility index (Phi) is 6.79. The highest BCUT2D eigenvalue weighted by Crippen LogP contribution is 2.31. The molecule has 180 valence electrons. The van der Waals surface area contributed by atoms with E-state index in [0.717, 1.165) is 61.1 Å². The maximum Gasteiger partial charge on any atom is 0.264 e. The van der Waals surface area contributed by atoms with Gasteiger partial charge < -0.3 is 19.5 Å². The topological polar surface area (TPSA) is 58.9 Å². The molecule has 2 aliphatic heterocycles. The maximum absolute atomic E-state index is 12.6. The number of hydrogen-bond donors (Lipinski definition) is 1. The Hall–Kier alpha value is -3.29. The van der Waals surface area contributed by atoms with E-state index in [-0.39, 0.29) is 5.91 Å². The molecule has 0 radical (unpaired) electrons. The Morgan fingerprint density at radius 3 is 2.40 bits per heavy atom. The highest BCUT2D eigenvalue weighted by atomic mass is 32.2. The first-order chi connectivity index (χ1) is 17.0. The molecule has 0 unspecified atom stereocenters. The van der Waals surface area contributed by atoms with Gasteiger partial charge in [0.05, 0.1) is 23.8 Å². The summed E-state index contributed by atoms with van der Waals surface area (Å²) in [6.07, 6.45) is 2.95. The van der Waals surface area contributed by atoms with Gasteiger partial charge in [0.2, 0.25) is 0 Å². The lowest BCUT2D eigenvalue weighted by atomic mass is 10.2. The molecule has 3 aromatic rings. The third-order valence-corrected chi connectivity index (χ3v) is 7.38. The summed E-state index contributed by atoms with van der Waals surface area (Å²) in [6, 6.07) is 18.9. The third-order valence-electron chi connectivity index (χ3n) is 6.47. The number of aromatic nitrogens is 1. The van der Waals surface area contributed by atoms with Crippen LogP contribution < -0.4 is 10.2 Å². The van der Waals surface area contributed by atoms with Crippen molar-refractivity contribution in [3.8, 4) is 5.69 Å². The molecule has 3 heterocycles. The van der Waals surface area contributed by atoms with Crippen molar-refractivity contribution in [2.45, 2.75) is 27.2 Å². The zero-order valence-corrected chi connectivity index (χ0v) is 21.2. The molecule has 1 aromatic heterocycles. The summed E-state index contributed by atoms with van der Waals surface area (Å²) in [5, 5.41) is 3.51. The van der Waals surface area contributed by atoms with Gasteiger partial charge in [0.15, 0.2) is 5.17 Å². The Morgan fingerprint density at radius 2 is 1.71 bits per heavy atom. The quantitative estimate of drug-likeness (QED) is 0.492. The molecule has 0 saturated carbocycles. The number of carbonyl (C=O) groups is 1. The molecule has 0 bridgehead atoms. The first kappa shape index (κ1) is 23.5. The molecule has 2 saturated heterocycles. The second-order valence-corrected chi connectivity index (χ2v) is 9.81. The van der Waals surface area contributed by atoms with Crippen LogP contribution in [0.5, 0.6) is 0 Å². The van der Waals surface area contributed by atoms with Crippen molar-refractivity contribution in [2.24, 2.45) is 4.99 Å². The van der Waals surface area contributed by atoms with E-state index in [9.17, 15) is 4.79 Å². The minimum absolute atomic E-state index is 0.112. The van der Waals surface area contributed by atoms with Crippen LogP contribution in [-0.4, -0.2) is 41.9 Å². The largest absolute Gasteiger partial charge is 0.378 e. The molecule has 5 rings (SSSR count). The lowest BCUT2D eigenvalue weighted by Crippen LogP contribution is -2.36. The van der Waals surface area contributed by atoms with Crippen molar-refractivity contribution in [3.05, 3.63) is 82.0 Å². The molecule has 1 amide bonds. The highest BCUT2D eigenvalue weighted by molar-refractivity contribution is 8.18. The number of morpholine rings is 1. The van der Waals surface area contributed by atoms with E-state index in [1.165, 1.54) is 23.0 Å². The van der Waals surface area contributed by atoms with Crippen molar-refractivity contribution in [1.29, 1.82) is 0 Å². The zero-order valence-electron chi connectivity index (χ0n) is 20.4. The maximum atomic E-state index is 12.6. The van der Waals surface area contributed by atoms with Crippen LogP contribution in [0.4, 0.5) is 11.4 Å². The van der Waals surface area contributed by atoms with Crippen LogP contribution in [0.25, 0.3) is 11.8 Å². The van der Waals surface area contributed by atoms with Gasteiger partial charge in [0.1, 0.15) is 0 Å². The van der Waals surface area contributed by atoms with Crippen molar-refractivity contribution in [2.75, 3.05) is 31.2 Å². The lowest BCUT2D eigenvalue weighted by molar-refractivity contribution is -0.115. The van der Waals surface area contributed by atoms with Gasteiger partial charge in [-0.1, -0.05) is 19.1 Å². The molecule has 2 aliphatic rings. The number of aliphatic imine (C=N–C) groups is 1. The molecule has 7 heteroatoms. The van der Waals surface area contributed by atoms with Crippen molar-refractivity contribution in [3.63, 3.8) is 0 Å². The second kappa shape index (κ2) is 10.1. The number of hydrogen-bond acceptors (Lipinski definition) is 5. The van der Waals surface area contributed by atoms with Gasteiger partial charge in [0.25, 0.3) is 5.91 Å². The van der Waals surface area contributed by atoms with Crippen LogP contribution in [0.2, 0.25) is 0 Å². The van der Waals surface area contributed by atoms with Gasteiger partial charge in [-0.25, -0.2) is 4.99 Å². The first-order valence-corrected chi connectivity index (χ1v) is 12.8. The van der Waals surface area contributed by atoms with Crippen LogP contribution in [-0.2, 0) is 16.0 Å². The number of amides is 1. The number of aryl methyl sites for hydroxylation is 2. The Bertz CT molecular complexity index is 1280. The number of anilines is 1. The molecule has 0 spiro atoms. The summed E-state index contributed by atoms with van der Waals surface area (Å²) in [5.74, 6) is -0.112. The zero-order chi connectivity index (χ0) is 24.4. The fourth-order valence-electron chi connectivity index (χ4n) is 4.51. The van der Waals surface area contributed by atoms with E-state index in [2.05, 4.69) is 83.0 Å². The Morgan fingerprint density at radius 1 is 1.03 bits per heavy atom. The van der Waals surface area contributed by atoms with Gasteiger partial charge in [0, 0.05) is 35.9 Å². The van der Waals surface area contributed by atoms with Gasteiger partial charge in [-0.15, -0.1) is 0 Å². The summed E-state index contributed by atoms with van der Waals surface area (Å²) in [4.78, 5) is 20.2. The molecular formula is C28H30N4O2S.